The number of nitrogens with zero attached hydrogens (tertiary/aromatic N) is 1. The summed E-state index contributed by atoms with van der Waals surface area (Å²) in [6, 6.07) is 27.8. The summed E-state index contributed by atoms with van der Waals surface area (Å²) in [4.78, 5) is 0. The van der Waals surface area contributed by atoms with Crippen LogP contribution >= 0.6 is 0 Å². The third-order valence-corrected chi connectivity index (χ3v) is 3.29. The molecular formula is C20H18N2O. The Balaban J connectivity index is 1.58. The van der Waals surface area contributed by atoms with Gasteiger partial charge in [-0.1, -0.05) is 60.7 Å². The molecule has 0 radical (unpaired) electrons. The molecule has 114 valence electrons. The summed E-state index contributed by atoms with van der Waals surface area (Å²) in [6.07, 6.45) is 1.78. The van der Waals surface area contributed by atoms with Crippen LogP contribution in [0.15, 0.2) is 90.0 Å². The van der Waals surface area contributed by atoms with Gasteiger partial charge < -0.3 is 4.74 Å². The molecule has 3 rings (SSSR count). The lowest BCUT2D eigenvalue weighted by Crippen LogP contribution is -1.96. The number of nitrogens with one attached hydrogen (secondary N) is 1. The van der Waals surface area contributed by atoms with Crippen molar-refractivity contribution >= 4 is 11.9 Å². The van der Waals surface area contributed by atoms with E-state index in [4.69, 9.17) is 4.74 Å². The van der Waals surface area contributed by atoms with Crippen molar-refractivity contribution in [3.05, 3.63) is 96.1 Å². The normalized spacial score (nSPS) is 10.6. The molecular weight excluding hydrogens is 284 g/mol. The highest BCUT2D eigenvalue weighted by molar-refractivity contribution is 5.80. The molecule has 3 nitrogen and oxygen atoms in total. The van der Waals surface area contributed by atoms with Gasteiger partial charge in [-0.05, 0) is 35.4 Å². The number of anilines is 1. The highest BCUT2D eigenvalue weighted by Crippen LogP contribution is 2.14. The minimum absolute atomic E-state index is 0.559. The summed E-state index contributed by atoms with van der Waals surface area (Å²) >= 11 is 0. The van der Waals surface area contributed by atoms with E-state index in [2.05, 4.69) is 22.7 Å². The van der Waals surface area contributed by atoms with Gasteiger partial charge in [0, 0.05) is 0 Å². The molecule has 23 heavy (non-hydrogen) atoms. The summed E-state index contributed by atoms with van der Waals surface area (Å²) in [5, 5.41) is 4.24. The Kier molecular flexibility index (Phi) is 5.04. The Bertz CT molecular complexity index is 755. The molecule has 0 aromatic heterocycles. The van der Waals surface area contributed by atoms with Crippen LogP contribution in [0.2, 0.25) is 0 Å². The average molecular weight is 302 g/mol. The highest BCUT2D eigenvalue weighted by Gasteiger charge is 1.97. The van der Waals surface area contributed by atoms with Crippen LogP contribution in [0.1, 0.15) is 11.1 Å². The zero-order chi connectivity index (χ0) is 15.7. The molecule has 3 aromatic carbocycles. The number of hydrazone groups is 1. The molecule has 3 aromatic rings. The summed E-state index contributed by atoms with van der Waals surface area (Å²) < 4.78 is 5.82. The largest absolute Gasteiger partial charge is 0.489 e. The molecule has 0 aliphatic carbocycles. The van der Waals surface area contributed by atoms with Crippen molar-refractivity contribution in [1.82, 2.24) is 0 Å². The molecule has 0 saturated carbocycles. The van der Waals surface area contributed by atoms with Crippen molar-refractivity contribution in [2.75, 3.05) is 5.43 Å². The second-order valence-corrected chi connectivity index (χ2v) is 5.08. The minimum atomic E-state index is 0.559. The third-order valence-electron chi connectivity index (χ3n) is 3.29. The predicted octanol–water partition coefficient (Wildman–Crippen LogP) is 4.71. The summed E-state index contributed by atoms with van der Waals surface area (Å²) in [6.45, 7) is 0.559. The van der Waals surface area contributed by atoms with E-state index in [1.165, 1.54) is 0 Å². The number of benzene rings is 3. The van der Waals surface area contributed by atoms with Crippen LogP contribution < -0.4 is 10.2 Å². The fourth-order valence-electron chi connectivity index (χ4n) is 2.12. The second kappa shape index (κ2) is 7.80. The van der Waals surface area contributed by atoms with Crippen LogP contribution in [-0.2, 0) is 6.61 Å². The molecule has 0 spiro atoms. The highest BCUT2D eigenvalue weighted by atomic mass is 16.5. The van der Waals surface area contributed by atoms with Gasteiger partial charge in [0.05, 0.1) is 11.9 Å². The molecule has 0 atom stereocenters. The summed E-state index contributed by atoms with van der Waals surface area (Å²) in [5.74, 6) is 0.831. The maximum absolute atomic E-state index is 5.82. The number of hydrogen-bond donors (Lipinski definition) is 1. The van der Waals surface area contributed by atoms with Crippen molar-refractivity contribution in [2.45, 2.75) is 6.61 Å². The monoisotopic (exact) mass is 302 g/mol. The lowest BCUT2D eigenvalue weighted by atomic mass is 10.2. The first-order chi connectivity index (χ1) is 11.4. The SMILES string of the molecule is C(=N/Nc1ccccc1)/c1cccc(OCc2ccccc2)c1. The second-order valence-electron chi connectivity index (χ2n) is 5.08. The first kappa shape index (κ1) is 14.9. The van der Waals surface area contributed by atoms with Gasteiger partial charge in [0.1, 0.15) is 12.4 Å². The number of hydrogen-bond acceptors (Lipinski definition) is 3. The van der Waals surface area contributed by atoms with Crippen LogP contribution in [-0.4, -0.2) is 6.21 Å². The topological polar surface area (TPSA) is 33.6 Å². The van der Waals surface area contributed by atoms with E-state index in [0.29, 0.717) is 6.61 Å². The van der Waals surface area contributed by atoms with E-state index >= 15 is 0 Å². The predicted molar refractivity (Wildman–Crippen MR) is 94.9 cm³/mol. The number of rotatable bonds is 6. The lowest BCUT2D eigenvalue weighted by molar-refractivity contribution is 0.306. The Morgan fingerprint density at radius 3 is 2.35 bits per heavy atom. The molecule has 0 amide bonds. The van der Waals surface area contributed by atoms with Crippen molar-refractivity contribution in [3.8, 4) is 5.75 Å². The van der Waals surface area contributed by atoms with Gasteiger partial charge in [-0.15, -0.1) is 0 Å². The zero-order valence-corrected chi connectivity index (χ0v) is 12.7. The van der Waals surface area contributed by atoms with Gasteiger partial charge in [0.15, 0.2) is 0 Å². The summed E-state index contributed by atoms with van der Waals surface area (Å²) in [7, 11) is 0. The van der Waals surface area contributed by atoms with Gasteiger partial charge >= 0.3 is 0 Å². The van der Waals surface area contributed by atoms with Crippen molar-refractivity contribution in [2.24, 2.45) is 5.10 Å². The van der Waals surface area contributed by atoms with E-state index in [1.54, 1.807) is 6.21 Å². The van der Waals surface area contributed by atoms with Crippen LogP contribution in [0.5, 0.6) is 5.75 Å². The molecule has 0 aliphatic heterocycles. The first-order valence-corrected chi connectivity index (χ1v) is 7.51. The molecule has 0 aliphatic rings. The first-order valence-electron chi connectivity index (χ1n) is 7.51. The van der Waals surface area contributed by atoms with E-state index in [9.17, 15) is 0 Å². The molecule has 0 unspecified atom stereocenters. The Morgan fingerprint density at radius 2 is 1.57 bits per heavy atom. The zero-order valence-electron chi connectivity index (χ0n) is 12.7. The quantitative estimate of drug-likeness (QED) is 0.528. The molecule has 0 bridgehead atoms. The Labute approximate surface area is 136 Å². The van der Waals surface area contributed by atoms with Crippen LogP contribution in [0.3, 0.4) is 0 Å². The van der Waals surface area contributed by atoms with Crippen LogP contribution in [0, 0.1) is 0 Å². The Hall–Kier alpha value is -3.07. The van der Waals surface area contributed by atoms with Crippen molar-refractivity contribution in [3.63, 3.8) is 0 Å². The molecule has 0 fully saturated rings. The van der Waals surface area contributed by atoms with Gasteiger partial charge in [0.2, 0.25) is 0 Å². The van der Waals surface area contributed by atoms with Crippen LogP contribution in [0.25, 0.3) is 0 Å². The summed E-state index contributed by atoms with van der Waals surface area (Å²) in [5.41, 5.74) is 6.09. The van der Waals surface area contributed by atoms with Crippen LogP contribution in [0.4, 0.5) is 5.69 Å². The smallest absolute Gasteiger partial charge is 0.120 e. The maximum Gasteiger partial charge on any atom is 0.120 e. The average Bonchev–Trinajstić information content (AvgIpc) is 2.62. The van der Waals surface area contributed by atoms with Crippen molar-refractivity contribution in [1.29, 1.82) is 0 Å². The standard InChI is InChI=1S/C20H18N2O/c1-3-8-17(9-4-1)16-23-20-13-7-10-18(14-20)15-21-22-19-11-5-2-6-12-19/h1-15,22H,16H2/b21-15-. The van der Waals surface area contributed by atoms with Gasteiger partial charge in [-0.25, -0.2) is 0 Å². The van der Waals surface area contributed by atoms with Gasteiger partial charge in [-0.3, -0.25) is 5.43 Å². The Morgan fingerprint density at radius 1 is 0.826 bits per heavy atom. The minimum Gasteiger partial charge on any atom is -0.489 e. The van der Waals surface area contributed by atoms with E-state index in [1.807, 2.05) is 72.8 Å². The van der Waals surface area contributed by atoms with Gasteiger partial charge in [0.25, 0.3) is 0 Å². The number of ether oxygens (including phenoxy) is 1. The molecule has 1 N–H and O–H groups in total. The van der Waals surface area contributed by atoms with E-state index in [0.717, 1.165) is 22.6 Å². The molecule has 3 heteroatoms. The van der Waals surface area contributed by atoms with E-state index in [-0.39, 0.29) is 0 Å². The van der Waals surface area contributed by atoms with Gasteiger partial charge in [-0.2, -0.15) is 5.10 Å². The lowest BCUT2D eigenvalue weighted by Gasteiger charge is -2.06. The molecule has 0 heterocycles. The molecule has 0 saturated heterocycles. The van der Waals surface area contributed by atoms with E-state index < -0.39 is 0 Å². The number of para-hydroxylation sites is 1. The third kappa shape index (κ3) is 4.71. The van der Waals surface area contributed by atoms with Crippen molar-refractivity contribution < 1.29 is 4.74 Å². The fourth-order valence-corrected chi connectivity index (χ4v) is 2.12. The maximum atomic E-state index is 5.82. The fraction of sp³-hybridized carbons (Fsp3) is 0.0500.